The van der Waals surface area contributed by atoms with Gasteiger partial charge in [0.2, 0.25) is 0 Å². The van der Waals surface area contributed by atoms with Crippen LogP contribution in [0.3, 0.4) is 0 Å². The lowest BCUT2D eigenvalue weighted by molar-refractivity contribution is -0.138. The Kier molecular flexibility index (Phi) is 6.88. The topological polar surface area (TPSA) is 75.0 Å². The maximum absolute atomic E-state index is 13.1. The van der Waals surface area contributed by atoms with Gasteiger partial charge in [0.05, 0.1) is 40.5 Å². The Morgan fingerprint density at radius 2 is 2.03 bits per heavy atom. The molecule has 0 saturated carbocycles. The number of aromatic nitrogens is 1. The second kappa shape index (κ2) is 9.76. The standard InChI is InChI=1S/C23H21N3O2S/c1-3-14-29-22-18(15-24)19(16-10-12-25-13-11-16)20(23(27)28-4-2)21(26-22)17-8-6-5-7-9-17/h3,5-13,19,26H,1,4,14H2,2H3/t19-/m1/s1. The number of hydrogen-bond donors (Lipinski definition) is 1. The summed E-state index contributed by atoms with van der Waals surface area (Å²) < 4.78 is 5.39. The fraction of sp³-hybridized carbons (Fsp3) is 0.174. The van der Waals surface area contributed by atoms with E-state index in [1.807, 2.05) is 42.5 Å². The smallest absolute Gasteiger partial charge is 0.337 e. The number of dihydropyridines is 1. The van der Waals surface area contributed by atoms with E-state index in [1.54, 1.807) is 25.4 Å². The Labute approximate surface area is 174 Å². The molecule has 0 spiro atoms. The molecule has 0 aliphatic carbocycles. The molecule has 5 nitrogen and oxygen atoms in total. The first kappa shape index (κ1) is 20.4. The Morgan fingerprint density at radius 1 is 1.31 bits per heavy atom. The van der Waals surface area contributed by atoms with Crippen LogP contribution in [0, 0.1) is 11.3 Å². The maximum atomic E-state index is 13.1. The van der Waals surface area contributed by atoms with Gasteiger partial charge in [-0.15, -0.1) is 18.3 Å². The Morgan fingerprint density at radius 3 is 2.66 bits per heavy atom. The third-order valence-corrected chi connectivity index (χ3v) is 5.41. The number of allylic oxidation sites excluding steroid dienone is 1. The summed E-state index contributed by atoms with van der Waals surface area (Å²) >= 11 is 1.48. The highest BCUT2D eigenvalue weighted by Gasteiger charge is 2.37. The molecule has 1 atom stereocenters. The number of hydrogen-bond acceptors (Lipinski definition) is 6. The van der Waals surface area contributed by atoms with E-state index in [-0.39, 0.29) is 6.61 Å². The van der Waals surface area contributed by atoms with Crippen LogP contribution in [0.5, 0.6) is 0 Å². The van der Waals surface area contributed by atoms with Gasteiger partial charge >= 0.3 is 5.97 Å². The van der Waals surface area contributed by atoms with Gasteiger partial charge < -0.3 is 10.1 Å². The second-order valence-electron chi connectivity index (χ2n) is 6.17. The van der Waals surface area contributed by atoms with Gasteiger partial charge in [-0.1, -0.05) is 36.4 Å². The summed E-state index contributed by atoms with van der Waals surface area (Å²) in [4.78, 5) is 17.1. The van der Waals surface area contributed by atoms with Crippen LogP contribution in [0.15, 0.2) is 83.7 Å². The van der Waals surface area contributed by atoms with Crippen LogP contribution in [-0.4, -0.2) is 23.3 Å². The highest BCUT2D eigenvalue weighted by atomic mass is 32.2. The van der Waals surface area contributed by atoms with Crippen LogP contribution in [0.2, 0.25) is 0 Å². The first-order chi connectivity index (χ1) is 14.2. The third kappa shape index (κ3) is 4.41. The maximum Gasteiger partial charge on any atom is 0.337 e. The van der Waals surface area contributed by atoms with E-state index in [0.717, 1.165) is 11.1 Å². The van der Waals surface area contributed by atoms with Crippen LogP contribution >= 0.6 is 11.8 Å². The van der Waals surface area contributed by atoms with Crippen molar-refractivity contribution < 1.29 is 9.53 Å². The van der Waals surface area contributed by atoms with Gasteiger partial charge in [-0.05, 0) is 30.2 Å². The summed E-state index contributed by atoms with van der Waals surface area (Å²) in [5.74, 6) is -0.361. The van der Waals surface area contributed by atoms with E-state index >= 15 is 0 Å². The molecule has 0 unspecified atom stereocenters. The van der Waals surface area contributed by atoms with Crippen LogP contribution in [0.25, 0.3) is 5.70 Å². The molecule has 29 heavy (non-hydrogen) atoms. The fourth-order valence-electron chi connectivity index (χ4n) is 3.19. The Hall–Kier alpha value is -3.30. The number of carbonyl (C=O) groups is 1. The number of rotatable bonds is 7. The molecule has 0 saturated heterocycles. The highest BCUT2D eigenvalue weighted by Crippen LogP contribution is 2.43. The normalized spacial score (nSPS) is 16.1. The number of nitrogens with zero attached hydrogens (tertiary/aromatic N) is 2. The van der Waals surface area contributed by atoms with Gasteiger partial charge in [-0.2, -0.15) is 5.26 Å². The van der Waals surface area contributed by atoms with Gasteiger partial charge in [-0.3, -0.25) is 4.98 Å². The van der Waals surface area contributed by atoms with Gasteiger partial charge in [0.15, 0.2) is 0 Å². The summed E-state index contributed by atoms with van der Waals surface area (Å²) in [7, 11) is 0. The van der Waals surface area contributed by atoms with Crippen LogP contribution in [0.4, 0.5) is 0 Å². The van der Waals surface area contributed by atoms with Gasteiger partial charge in [0, 0.05) is 18.1 Å². The SMILES string of the molecule is C=CCSC1=C(C#N)[C@@H](c2ccncc2)C(C(=O)OCC)=C(c2ccccc2)N1. The summed E-state index contributed by atoms with van der Waals surface area (Å²) in [5.41, 5.74) is 3.21. The van der Waals surface area contributed by atoms with Crippen molar-refractivity contribution in [1.82, 2.24) is 10.3 Å². The lowest BCUT2D eigenvalue weighted by Crippen LogP contribution is -2.29. The fourth-order valence-corrected chi connectivity index (χ4v) is 3.97. The molecule has 6 heteroatoms. The van der Waals surface area contributed by atoms with Crippen LogP contribution in [-0.2, 0) is 9.53 Å². The molecule has 0 radical (unpaired) electrons. The number of pyridine rings is 1. The van der Waals surface area contributed by atoms with E-state index in [1.165, 1.54) is 11.8 Å². The first-order valence-electron chi connectivity index (χ1n) is 9.22. The molecule has 0 amide bonds. The molecule has 3 rings (SSSR count). The monoisotopic (exact) mass is 403 g/mol. The molecular formula is C23H21N3O2S. The average molecular weight is 404 g/mol. The zero-order valence-electron chi connectivity index (χ0n) is 16.1. The van der Waals surface area contributed by atoms with E-state index < -0.39 is 11.9 Å². The van der Waals surface area contributed by atoms with Crippen molar-refractivity contribution in [3.63, 3.8) is 0 Å². The van der Waals surface area contributed by atoms with Crippen molar-refractivity contribution in [2.75, 3.05) is 12.4 Å². The number of ether oxygens (including phenoxy) is 1. The lowest BCUT2D eigenvalue weighted by atomic mass is 9.81. The molecule has 1 aromatic carbocycles. The first-order valence-corrected chi connectivity index (χ1v) is 10.2. The minimum absolute atomic E-state index is 0.247. The Bertz CT molecular complexity index is 992. The van der Waals surface area contributed by atoms with Crippen molar-refractivity contribution in [3.05, 3.63) is 94.8 Å². The second-order valence-corrected chi connectivity index (χ2v) is 7.20. The van der Waals surface area contributed by atoms with Crippen molar-refractivity contribution in [3.8, 4) is 6.07 Å². The summed E-state index contributed by atoms with van der Waals surface area (Å²) in [6.45, 7) is 5.79. The van der Waals surface area contributed by atoms with E-state index in [9.17, 15) is 10.1 Å². The average Bonchev–Trinajstić information content (AvgIpc) is 2.77. The molecule has 1 aliphatic heterocycles. The van der Waals surface area contributed by atoms with Crippen molar-refractivity contribution in [2.45, 2.75) is 12.8 Å². The predicted molar refractivity (Wildman–Crippen MR) is 115 cm³/mol. The summed E-state index contributed by atoms with van der Waals surface area (Å²) in [5, 5.41) is 14.0. The zero-order chi connectivity index (χ0) is 20.6. The molecule has 2 heterocycles. The number of esters is 1. The molecule has 1 aromatic heterocycles. The van der Waals surface area contributed by atoms with Crippen LogP contribution in [0.1, 0.15) is 24.0 Å². The van der Waals surface area contributed by atoms with Crippen molar-refractivity contribution in [1.29, 1.82) is 5.26 Å². The molecule has 0 bridgehead atoms. The summed E-state index contributed by atoms with van der Waals surface area (Å²) in [6, 6.07) is 15.6. The van der Waals surface area contributed by atoms with E-state index in [0.29, 0.717) is 27.6 Å². The van der Waals surface area contributed by atoms with E-state index in [4.69, 9.17) is 4.74 Å². The van der Waals surface area contributed by atoms with Crippen molar-refractivity contribution in [2.24, 2.45) is 0 Å². The predicted octanol–water partition coefficient (Wildman–Crippen LogP) is 4.40. The lowest BCUT2D eigenvalue weighted by Gasteiger charge is -2.30. The number of carbonyl (C=O) groups excluding carboxylic acids is 1. The molecule has 1 N–H and O–H groups in total. The minimum Gasteiger partial charge on any atom is -0.463 e. The van der Waals surface area contributed by atoms with Gasteiger partial charge in [-0.25, -0.2) is 4.79 Å². The number of nitrogens with one attached hydrogen (secondary N) is 1. The van der Waals surface area contributed by atoms with Crippen molar-refractivity contribution >= 4 is 23.4 Å². The highest BCUT2D eigenvalue weighted by molar-refractivity contribution is 8.03. The number of nitriles is 1. The van der Waals surface area contributed by atoms with Gasteiger partial charge in [0.1, 0.15) is 0 Å². The van der Waals surface area contributed by atoms with Gasteiger partial charge in [0.25, 0.3) is 0 Å². The Balaban J connectivity index is 2.27. The zero-order valence-corrected chi connectivity index (χ0v) is 16.9. The molecule has 146 valence electrons. The number of benzene rings is 1. The largest absolute Gasteiger partial charge is 0.463 e. The van der Waals surface area contributed by atoms with Crippen LogP contribution < -0.4 is 5.32 Å². The molecule has 0 fully saturated rings. The molecule has 2 aromatic rings. The quantitative estimate of drug-likeness (QED) is 0.546. The molecular weight excluding hydrogens is 382 g/mol. The van der Waals surface area contributed by atoms with E-state index in [2.05, 4.69) is 22.9 Å². The number of thioether (sulfide) groups is 1. The summed E-state index contributed by atoms with van der Waals surface area (Å²) in [6.07, 6.45) is 5.10. The minimum atomic E-state index is -0.550. The molecule has 1 aliphatic rings. The third-order valence-electron chi connectivity index (χ3n) is 4.39.